The second-order valence-electron chi connectivity index (χ2n) is 4.87. The first kappa shape index (κ1) is 13.1. The Morgan fingerprint density at radius 1 is 1.00 bits per heavy atom. The van der Waals surface area contributed by atoms with Gasteiger partial charge < -0.3 is 11.1 Å². The van der Waals surface area contributed by atoms with Gasteiger partial charge in [0.05, 0.1) is 6.42 Å². The van der Waals surface area contributed by atoms with E-state index in [9.17, 15) is 14.4 Å². The number of primary amides is 1. The highest BCUT2D eigenvalue weighted by Gasteiger charge is 2.19. The van der Waals surface area contributed by atoms with Gasteiger partial charge in [0.25, 0.3) is 0 Å². The minimum Gasteiger partial charge on any atom is -0.366 e. The van der Waals surface area contributed by atoms with Gasteiger partial charge in [-0.25, -0.2) is 0 Å². The van der Waals surface area contributed by atoms with Crippen LogP contribution in [0.2, 0.25) is 0 Å². The zero-order valence-corrected chi connectivity index (χ0v) is 11.1. The molecule has 2 aromatic carbocycles. The van der Waals surface area contributed by atoms with Crippen molar-refractivity contribution in [2.75, 3.05) is 5.32 Å². The minimum absolute atomic E-state index is 0.0784. The van der Waals surface area contributed by atoms with Crippen LogP contribution in [0.25, 0.3) is 0 Å². The summed E-state index contributed by atoms with van der Waals surface area (Å²) in [6.07, 6.45) is 0.334. The van der Waals surface area contributed by atoms with Gasteiger partial charge in [0, 0.05) is 22.4 Å². The molecule has 0 aromatic heterocycles. The highest BCUT2D eigenvalue weighted by Crippen LogP contribution is 2.25. The molecule has 3 N–H and O–H groups in total. The molecule has 1 aliphatic rings. The maximum atomic E-state index is 12.4. The second-order valence-corrected chi connectivity index (χ2v) is 4.87. The molecule has 1 aliphatic heterocycles. The monoisotopic (exact) mass is 280 g/mol. The number of anilines is 1. The molecule has 0 atom stereocenters. The molecule has 0 saturated heterocycles. The summed E-state index contributed by atoms with van der Waals surface area (Å²) >= 11 is 0. The first-order valence-corrected chi connectivity index (χ1v) is 6.42. The number of nitrogens with one attached hydrogen (secondary N) is 1. The summed E-state index contributed by atoms with van der Waals surface area (Å²) in [5.41, 5.74) is 7.88. The van der Waals surface area contributed by atoms with E-state index in [1.54, 1.807) is 36.4 Å². The van der Waals surface area contributed by atoms with Crippen molar-refractivity contribution in [3.05, 3.63) is 64.7 Å². The summed E-state index contributed by atoms with van der Waals surface area (Å²) in [6.45, 7) is 0. The van der Waals surface area contributed by atoms with E-state index in [0.29, 0.717) is 23.2 Å². The number of nitrogens with two attached hydrogens (primary N) is 1. The second kappa shape index (κ2) is 4.86. The average molecular weight is 280 g/mol. The van der Waals surface area contributed by atoms with Gasteiger partial charge in [0.15, 0.2) is 5.78 Å². The SMILES string of the molecule is NC(=O)c1cccc(C(=O)c2ccc3c(c2)NC(=O)C3)c1. The van der Waals surface area contributed by atoms with E-state index in [-0.39, 0.29) is 17.3 Å². The summed E-state index contributed by atoms with van der Waals surface area (Å²) in [7, 11) is 0. The first-order chi connectivity index (χ1) is 10.0. The zero-order chi connectivity index (χ0) is 15.0. The fraction of sp³-hybridized carbons (Fsp3) is 0.0625. The maximum Gasteiger partial charge on any atom is 0.248 e. The molecule has 1 heterocycles. The fourth-order valence-corrected chi connectivity index (χ4v) is 2.34. The fourth-order valence-electron chi connectivity index (χ4n) is 2.34. The number of rotatable bonds is 3. The van der Waals surface area contributed by atoms with E-state index in [1.165, 1.54) is 6.07 Å². The van der Waals surface area contributed by atoms with Crippen LogP contribution in [0.3, 0.4) is 0 Å². The van der Waals surface area contributed by atoms with Crippen molar-refractivity contribution in [1.29, 1.82) is 0 Å². The van der Waals surface area contributed by atoms with Crippen LogP contribution in [0.5, 0.6) is 0 Å². The van der Waals surface area contributed by atoms with E-state index in [2.05, 4.69) is 5.32 Å². The Morgan fingerprint density at radius 2 is 1.71 bits per heavy atom. The van der Waals surface area contributed by atoms with Gasteiger partial charge in [-0.15, -0.1) is 0 Å². The third-order valence-corrected chi connectivity index (χ3v) is 3.41. The van der Waals surface area contributed by atoms with Crippen molar-refractivity contribution < 1.29 is 14.4 Å². The summed E-state index contributed by atoms with van der Waals surface area (Å²) in [5.74, 6) is -0.877. The van der Waals surface area contributed by atoms with Crippen LogP contribution in [0.1, 0.15) is 31.8 Å². The Balaban J connectivity index is 1.96. The molecule has 0 unspecified atom stereocenters. The molecule has 21 heavy (non-hydrogen) atoms. The predicted octanol–water partition coefficient (Wildman–Crippen LogP) is 1.51. The minimum atomic E-state index is -0.578. The number of hydrogen-bond acceptors (Lipinski definition) is 3. The van der Waals surface area contributed by atoms with Crippen molar-refractivity contribution >= 4 is 23.3 Å². The Bertz CT molecular complexity index is 781. The van der Waals surface area contributed by atoms with Gasteiger partial charge in [0.1, 0.15) is 0 Å². The number of benzene rings is 2. The molecule has 0 bridgehead atoms. The Morgan fingerprint density at radius 3 is 2.48 bits per heavy atom. The molecule has 0 fully saturated rings. The van der Waals surface area contributed by atoms with Crippen molar-refractivity contribution in [3.63, 3.8) is 0 Å². The molecule has 5 nitrogen and oxygen atoms in total. The molecule has 2 amide bonds. The van der Waals surface area contributed by atoms with Crippen molar-refractivity contribution in [1.82, 2.24) is 0 Å². The molecule has 104 valence electrons. The Kier molecular flexibility index (Phi) is 3.02. The number of carbonyl (C=O) groups excluding carboxylic acids is 3. The van der Waals surface area contributed by atoms with E-state index in [1.807, 2.05) is 0 Å². The summed E-state index contributed by atoms with van der Waals surface area (Å²) < 4.78 is 0. The Labute approximate surface area is 120 Å². The highest BCUT2D eigenvalue weighted by atomic mass is 16.2. The smallest absolute Gasteiger partial charge is 0.248 e. The largest absolute Gasteiger partial charge is 0.366 e. The lowest BCUT2D eigenvalue weighted by molar-refractivity contribution is -0.115. The maximum absolute atomic E-state index is 12.4. The summed E-state index contributed by atoms with van der Waals surface area (Å²) in [4.78, 5) is 34.9. The van der Waals surface area contributed by atoms with Gasteiger partial charge in [-0.3, -0.25) is 14.4 Å². The van der Waals surface area contributed by atoms with Crippen LogP contribution < -0.4 is 11.1 Å². The van der Waals surface area contributed by atoms with Crippen molar-refractivity contribution in [2.45, 2.75) is 6.42 Å². The van der Waals surface area contributed by atoms with E-state index in [4.69, 9.17) is 5.73 Å². The van der Waals surface area contributed by atoms with Crippen LogP contribution in [0, 0.1) is 0 Å². The zero-order valence-electron chi connectivity index (χ0n) is 11.1. The quantitative estimate of drug-likeness (QED) is 0.835. The standard InChI is InChI=1S/C16H12N2O3/c17-16(21)12-3-1-2-10(6-12)15(20)11-5-4-9-8-14(19)18-13(9)7-11/h1-7H,8H2,(H2,17,21)(H,18,19). The predicted molar refractivity (Wildman–Crippen MR) is 77.2 cm³/mol. The lowest BCUT2D eigenvalue weighted by atomic mass is 9.99. The van der Waals surface area contributed by atoms with Gasteiger partial charge in [0.2, 0.25) is 11.8 Å². The van der Waals surface area contributed by atoms with Crippen LogP contribution in [0.4, 0.5) is 5.69 Å². The van der Waals surface area contributed by atoms with Gasteiger partial charge in [-0.2, -0.15) is 0 Å². The van der Waals surface area contributed by atoms with Crippen LogP contribution in [-0.2, 0) is 11.2 Å². The third kappa shape index (κ3) is 2.41. The number of hydrogen-bond donors (Lipinski definition) is 2. The summed E-state index contributed by atoms with van der Waals surface area (Å²) in [6, 6.07) is 11.4. The molecule has 3 rings (SSSR count). The molecule has 0 aliphatic carbocycles. The molecule has 0 saturated carbocycles. The number of fused-ring (bicyclic) bond motifs is 1. The van der Waals surface area contributed by atoms with E-state index < -0.39 is 5.91 Å². The molecule has 5 heteroatoms. The van der Waals surface area contributed by atoms with Crippen LogP contribution in [0.15, 0.2) is 42.5 Å². The number of ketones is 1. The normalized spacial score (nSPS) is 12.7. The molecular formula is C16H12N2O3. The molecule has 2 aromatic rings. The van der Waals surface area contributed by atoms with Crippen molar-refractivity contribution in [3.8, 4) is 0 Å². The van der Waals surface area contributed by atoms with E-state index >= 15 is 0 Å². The highest BCUT2D eigenvalue weighted by molar-refractivity contribution is 6.11. The number of amides is 2. The average Bonchev–Trinajstić information content (AvgIpc) is 2.85. The van der Waals surface area contributed by atoms with Gasteiger partial charge in [-0.05, 0) is 23.8 Å². The lowest BCUT2D eigenvalue weighted by Gasteiger charge is -2.05. The van der Waals surface area contributed by atoms with Gasteiger partial charge >= 0.3 is 0 Å². The number of carbonyl (C=O) groups is 3. The lowest BCUT2D eigenvalue weighted by Crippen LogP contribution is -2.12. The third-order valence-electron chi connectivity index (χ3n) is 3.41. The van der Waals surface area contributed by atoms with E-state index in [0.717, 1.165) is 5.56 Å². The molecule has 0 spiro atoms. The molecular weight excluding hydrogens is 268 g/mol. The topological polar surface area (TPSA) is 89.3 Å². The van der Waals surface area contributed by atoms with Gasteiger partial charge in [-0.1, -0.05) is 24.3 Å². The van der Waals surface area contributed by atoms with Crippen LogP contribution >= 0.6 is 0 Å². The first-order valence-electron chi connectivity index (χ1n) is 6.42. The van der Waals surface area contributed by atoms with Crippen LogP contribution in [-0.4, -0.2) is 17.6 Å². The van der Waals surface area contributed by atoms with Crippen molar-refractivity contribution in [2.24, 2.45) is 5.73 Å². The summed E-state index contributed by atoms with van der Waals surface area (Å²) in [5, 5.41) is 2.71. The molecule has 0 radical (unpaired) electrons. The Hall–Kier alpha value is -2.95.